The zero-order chi connectivity index (χ0) is 13.1. The van der Waals surface area contributed by atoms with E-state index in [1.165, 1.54) is 0 Å². The van der Waals surface area contributed by atoms with Gasteiger partial charge in [-0.05, 0) is 18.1 Å². The van der Waals surface area contributed by atoms with E-state index in [2.05, 4.69) is 9.97 Å². The fourth-order valence-corrected chi connectivity index (χ4v) is 1.69. The van der Waals surface area contributed by atoms with E-state index in [9.17, 15) is 9.59 Å². The molecule has 0 spiro atoms. The average Bonchev–Trinajstić information content (AvgIpc) is 2.31. The molecule has 0 unspecified atom stereocenters. The Labute approximate surface area is 103 Å². The number of carboxylic acid groups (broad SMARTS) is 1. The highest BCUT2D eigenvalue weighted by atomic mass is 16.4. The molecule has 0 aliphatic carbocycles. The Balaban J connectivity index is 2.38. The molecule has 5 nitrogen and oxygen atoms in total. The van der Waals surface area contributed by atoms with Crippen LogP contribution in [0.25, 0.3) is 0 Å². The standard InChI is InChI=1S/C13H12N2O3/c1-8-4-2-3-5-9(8)6-11-14-10(13(17)18)7-12(16)15-11/h2-5,7H,6H2,1H3,(H,17,18)(H,14,15,16). The van der Waals surface area contributed by atoms with Crippen molar-refractivity contribution in [3.63, 3.8) is 0 Å². The first kappa shape index (κ1) is 12.0. The molecular weight excluding hydrogens is 232 g/mol. The van der Waals surface area contributed by atoms with Gasteiger partial charge in [0.2, 0.25) is 0 Å². The second kappa shape index (κ2) is 4.83. The average molecular weight is 244 g/mol. The molecule has 0 aliphatic rings. The summed E-state index contributed by atoms with van der Waals surface area (Å²) in [6.45, 7) is 1.95. The maximum Gasteiger partial charge on any atom is 0.354 e. The third-order valence-corrected chi connectivity index (χ3v) is 2.63. The molecule has 0 radical (unpaired) electrons. The van der Waals surface area contributed by atoms with E-state index in [1.54, 1.807) is 0 Å². The van der Waals surface area contributed by atoms with Gasteiger partial charge in [-0.3, -0.25) is 4.79 Å². The molecule has 0 saturated heterocycles. The normalized spacial score (nSPS) is 10.3. The Morgan fingerprint density at radius 3 is 2.78 bits per heavy atom. The number of carbonyl (C=O) groups is 1. The quantitative estimate of drug-likeness (QED) is 0.854. The summed E-state index contributed by atoms with van der Waals surface area (Å²) >= 11 is 0. The maximum atomic E-state index is 11.3. The number of hydrogen-bond acceptors (Lipinski definition) is 3. The Bertz CT molecular complexity index is 647. The molecule has 2 aromatic rings. The Morgan fingerprint density at radius 2 is 2.11 bits per heavy atom. The smallest absolute Gasteiger partial charge is 0.354 e. The van der Waals surface area contributed by atoms with Gasteiger partial charge in [0.25, 0.3) is 5.56 Å². The van der Waals surface area contributed by atoms with Gasteiger partial charge >= 0.3 is 5.97 Å². The van der Waals surface area contributed by atoms with Crippen LogP contribution in [0.2, 0.25) is 0 Å². The molecule has 5 heteroatoms. The molecule has 1 heterocycles. The first-order chi connectivity index (χ1) is 8.56. The highest BCUT2D eigenvalue weighted by molar-refractivity contribution is 5.85. The van der Waals surface area contributed by atoms with Gasteiger partial charge < -0.3 is 10.1 Å². The predicted molar refractivity (Wildman–Crippen MR) is 65.8 cm³/mol. The van der Waals surface area contributed by atoms with Crippen molar-refractivity contribution < 1.29 is 9.90 Å². The second-order valence-electron chi connectivity index (χ2n) is 3.99. The van der Waals surface area contributed by atoms with Crippen molar-refractivity contribution in [3.05, 3.63) is 63.3 Å². The number of nitrogens with one attached hydrogen (secondary N) is 1. The molecule has 1 aromatic heterocycles. The van der Waals surface area contributed by atoms with Gasteiger partial charge in [-0.1, -0.05) is 24.3 Å². The summed E-state index contributed by atoms with van der Waals surface area (Å²) in [5.41, 5.74) is 1.39. The van der Waals surface area contributed by atoms with Crippen molar-refractivity contribution in [2.45, 2.75) is 13.3 Å². The number of aryl methyl sites for hydroxylation is 1. The maximum absolute atomic E-state index is 11.3. The SMILES string of the molecule is Cc1ccccc1Cc1nc(C(=O)O)cc(=O)[nH]1. The van der Waals surface area contributed by atoms with Crippen LogP contribution < -0.4 is 5.56 Å². The minimum atomic E-state index is -1.20. The summed E-state index contributed by atoms with van der Waals surface area (Å²) in [6.07, 6.45) is 0.406. The molecule has 1 aromatic carbocycles. The zero-order valence-corrected chi connectivity index (χ0v) is 9.80. The van der Waals surface area contributed by atoms with E-state index < -0.39 is 11.5 Å². The fourth-order valence-electron chi connectivity index (χ4n) is 1.69. The van der Waals surface area contributed by atoms with Gasteiger partial charge in [0.15, 0.2) is 5.69 Å². The number of aromatic carboxylic acids is 1. The van der Waals surface area contributed by atoms with E-state index in [4.69, 9.17) is 5.11 Å². The molecule has 0 bridgehead atoms. The second-order valence-corrected chi connectivity index (χ2v) is 3.99. The molecule has 2 N–H and O–H groups in total. The fraction of sp³-hybridized carbons (Fsp3) is 0.154. The lowest BCUT2D eigenvalue weighted by atomic mass is 10.1. The van der Waals surface area contributed by atoms with Crippen LogP contribution in [0, 0.1) is 6.92 Å². The number of H-pyrrole nitrogens is 1. The van der Waals surface area contributed by atoms with Crippen molar-refractivity contribution >= 4 is 5.97 Å². The zero-order valence-electron chi connectivity index (χ0n) is 9.80. The third-order valence-electron chi connectivity index (χ3n) is 2.63. The number of nitrogens with zero attached hydrogens (tertiary/aromatic N) is 1. The molecular formula is C13H12N2O3. The van der Waals surface area contributed by atoms with Crippen molar-refractivity contribution in [1.82, 2.24) is 9.97 Å². The van der Waals surface area contributed by atoms with Gasteiger partial charge in [0.1, 0.15) is 5.82 Å². The number of carboxylic acids is 1. The lowest BCUT2D eigenvalue weighted by molar-refractivity contribution is 0.0689. The third kappa shape index (κ3) is 2.63. The lowest BCUT2D eigenvalue weighted by Crippen LogP contribution is -2.16. The van der Waals surface area contributed by atoms with Crippen molar-refractivity contribution in [2.75, 3.05) is 0 Å². The van der Waals surface area contributed by atoms with Crippen molar-refractivity contribution in [3.8, 4) is 0 Å². The van der Waals surface area contributed by atoms with Crippen LogP contribution in [0.5, 0.6) is 0 Å². The first-order valence-electron chi connectivity index (χ1n) is 5.44. The summed E-state index contributed by atoms with van der Waals surface area (Å²) in [4.78, 5) is 28.6. The van der Waals surface area contributed by atoms with Crippen LogP contribution in [0.3, 0.4) is 0 Å². The molecule has 18 heavy (non-hydrogen) atoms. The van der Waals surface area contributed by atoms with Crippen LogP contribution in [-0.4, -0.2) is 21.0 Å². The molecule has 2 rings (SSSR count). The number of aromatic nitrogens is 2. The van der Waals surface area contributed by atoms with Gasteiger partial charge in [-0.2, -0.15) is 0 Å². The van der Waals surface area contributed by atoms with E-state index in [1.807, 2.05) is 31.2 Å². The van der Waals surface area contributed by atoms with Gasteiger partial charge in [0.05, 0.1) is 0 Å². The Kier molecular flexibility index (Phi) is 3.23. The molecule has 0 amide bonds. The Morgan fingerprint density at radius 1 is 1.39 bits per heavy atom. The topological polar surface area (TPSA) is 83.0 Å². The summed E-state index contributed by atoms with van der Waals surface area (Å²) in [7, 11) is 0. The predicted octanol–water partition coefficient (Wildman–Crippen LogP) is 1.37. The summed E-state index contributed by atoms with van der Waals surface area (Å²) < 4.78 is 0. The van der Waals surface area contributed by atoms with Crippen LogP contribution in [0.4, 0.5) is 0 Å². The largest absolute Gasteiger partial charge is 0.477 e. The minimum Gasteiger partial charge on any atom is -0.477 e. The number of aromatic amines is 1. The summed E-state index contributed by atoms with van der Waals surface area (Å²) in [6, 6.07) is 8.66. The molecule has 0 atom stereocenters. The van der Waals surface area contributed by atoms with E-state index in [-0.39, 0.29) is 5.69 Å². The van der Waals surface area contributed by atoms with E-state index in [0.29, 0.717) is 12.2 Å². The van der Waals surface area contributed by atoms with Crippen molar-refractivity contribution in [1.29, 1.82) is 0 Å². The van der Waals surface area contributed by atoms with Gasteiger partial charge in [-0.15, -0.1) is 0 Å². The minimum absolute atomic E-state index is 0.234. The summed E-state index contributed by atoms with van der Waals surface area (Å²) in [5.74, 6) is -0.846. The van der Waals surface area contributed by atoms with Crippen LogP contribution in [0.1, 0.15) is 27.4 Å². The van der Waals surface area contributed by atoms with Gasteiger partial charge in [0, 0.05) is 12.5 Å². The molecule has 0 saturated carbocycles. The number of hydrogen-bond donors (Lipinski definition) is 2. The monoisotopic (exact) mass is 244 g/mol. The van der Waals surface area contributed by atoms with Crippen molar-refractivity contribution in [2.24, 2.45) is 0 Å². The van der Waals surface area contributed by atoms with E-state index >= 15 is 0 Å². The molecule has 92 valence electrons. The molecule has 0 aliphatic heterocycles. The van der Waals surface area contributed by atoms with Crippen LogP contribution in [0.15, 0.2) is 35.1 Å². The van der Waals surface area contributed by atoms with Crippen LogP contribution in [-0.2, 0) is 6.42 Å². The van der Waals surface area contributed by atoms with E-state index in [0.717, 1.165) is 17.2 Å². The Hall–Kier alpha value is -2.43. The highest BCUT2D eigenvalue weighted by Gasteiger charge is 2.09. The number of benzene rings is 1. The van der Waals surface area contributed by atoms with Crippen LogP contribution >= 0.6 is 0 Å². The lowest BCUT2D eigenvalue weighted by Gasteiger charge is -2.05. The van der Waals surface area contributed by atoms with Gasteiger partial charge in [-0.25, -0.2) is 9.78 Å². The first-order valence-corrected chi connectivity index (χ1v) is 5.44. The highest BCUT2D eigenvalue weighted by Crippen LogP contribution is 2.10. The molecule has 0 fully saturated rings. The summed E-state index contributed by atoms with van der Waals surface area (Å²) in [5, 5.41) is 8.84. The number of rotatable bonds is 3.